The SMILES string of the molecule is CN1CCCN(Cc2cn(CCN)cn2)CC1. The molecule has 1 fully saturated rings. The Morgan fingerprint density at radius 3 is 3.00 bits per heavy atom. The van der Waals surface area contributed by atoms with E-state index >= 15 is 0 Å². The second-order valence-corrected chi connectivity index (χ2v) is 4.82. The van der Waals surface area contributed by atoms with E-state index in [1.54, 1.807) is 0 Å². The fourth-order valence-electron chi connectivity index (χ4n) is 2.25. The zero-order valence-corrected chi connectivity index (χ0v) is 10.7. The number of hydrogen-bond donors (Lipinski definition) is 1. The number of hydrogen-bond acceptors (Lipinski definition) is 4. The Balaban J connectivity index is 1.86. The van der Waals surface area contributed by atoms with Gasteiger partial charge < -0.3 is 15.2 Å². The molecule has 96 valence electrons. The molecule has 0 spiro atoms. The third kappa shape index (κ3) is 3.80. The van der Waals surface area contributed by atoms with Gasteiger partial charge in [-0.25, -0.2) is 4.98 Å². The summed E-state index contributed by atoms with van der Waals surface area (Å²) in [7, 11) is 2.19. The van der Waals surface area contributed by atoms with Crippen LogP contribution in [-0.2, 0) is 13.1 Å². The number of aromatic nitrogens is 2. The summed E-state index contributed by atoms with van der Waals surface area (Å²) in [6.45, 7) is 7.17. The molecule has 1 aromatic rings. The largest absolute Gasteiger partial charge is 0.336 e. The van der Waals surface area contributed by atoms with Gasteiger partial charge in [-0.3, -0.25) is 4.90 Å². The van der Waals surface area contributed by atoms with Gasteiger partial charge >= 0.3 is 0 Å². The molecule has 2 rings (SSSR count). The Kier molecular flexibility index (Phi) is 4.53. The van der Waals surface area contributed by atoms with Crippen LogP contribution in [0.5, 0.6) is 0 Å². The fourth-order valence-corrected chi connectivity index (χ4v) is 2.25. The van der Waals surface area contributed by atoms with E-state index in [4.69, 9.17) is 5.73 Å². The maximum atomic E-state index is 5.53. The van der Waals surface area contributed by atoms with Crippen molar-refractivity contribution in [2.75, 3.05) is 39.8 Å². The van der Waals surface area contributed by atoms with Crippen molar-refractivity contribution in [3.63, 3.8) is 0 Å². The molecule has 0 unspecified atom stereocenters. The Morgan fingerprint density at radius 1 is 1.29 bits per heavy atom. The van der Waals surface area contributed by atoms with Crippen molar-refractivity contribution in [3.8, 4) is 0 Å². The Morgan fingerprint density at radius 2 is 2.18 bits per heavy atom. The smallest absolute Gasteiger partial charge is 0.0950 e. The van der Waals surface area contributed by atoms with Crippen LogP contribution in [0.3, 0.4) is 0 Å². The first-order valence-electron chi connectivity index (χ1n) is 6.39. The number of nitrogens with zero attached hydrogens (tertiary/aromatic N) is 4. The van der Waals surface area contributed by atoms with Gasteiger partial charge in [-0.2, -0.15) is 0 Å². The summed E-state index contributed by atoms with van der Waals surface area (Å²) in [6, 6.07) is 0. The summed E-state index contributed by atoms with van der Waals surface area (Å²) in [5, 5.41) is 0. The maximum absolute atomic E-state index is 5.53. The molecule has 1 aliphatic heterocycles. The van der Waals surface area contributed by atoms with Crippen molar-refractivity contribution in [3.05, 3.63) is 18.2 Å². The molecule has 0 aromatic carbocycles. The van der Waals surface area contributed by atoms with Gasteiger partial charge in [0.15, 0.2) is 0 Å². The minimum absolute atomic E-state index is 0.671. The van der Waals surface area contributed by atoms with Crippen molar-refractivity contribution in [2.24, 2.45) is 5.73 Å². The van der Waals surface area contributed by atoms with Gasteiger partial charge in [0.1, 0.15) is 0 Å². The lowest BCUT2D eigenvalue weighted by atomic mass is 10.3. The number of imidazole rings is 1. The van der Waals surface area contributed by atoms with Crippen LogP contribution in [0.1, 0.15) is 12.1 Å². The van der Waals surface area contributed by atoms with E-state index in [2.05, 4.69) is 32.6 Å². The third-order valence-electron chi connectivity index (χ3n) is 3.27. The molecular formula is C12H23N5. The van der Waals surface area contributed by atoms with Crippen molar-refractivity contribution in [1.82, 2.24) is 19.4 Å². The summed E-state index contributed by atoms with van der Waals surface area (Å²) in [5.74, 6) is 0. The predicted octanol–water partition coefficient (Wildman–Crippen LogP) is -0.0207. The molecule has 1 aromatic heterocycles. The molecule has 0 atom stereocenters. The van der Waals surface area contributed by atoms with Gasteiger partial charge in [-0.05, 0) is 26.6 Å². The first kappa shape index (κ1) is 12.5. The van der Waals surface area contributed by atoms with Crippen LogP contribution in [0, 0.1) is 0 Å². The van der Waals surface area contributed by atoms with Gasteiger partial charge in [0.2, 0.25) is 0 Å². The van der Waals surface area contributed by atoms with E-state index < -0.39 is 0 Å². The first-order chi connectivity index (χ1) is 8.28. The second-order valence-electron chi connectivity index (χ2n) is 4.82. The summed E-state index contributed by atoms with van der Waals surface area (Å²) < 4.78 is 2.07. The van der Waals surface area contributed by atoms with E-state index in [-0.39, 0.29) is 0 Å². The maximum Gasteiger partial charge on any atom is 0.0950 e. The molecule has 0 bridgehead atoms. The lowest BCUT2D eigenvalue weighted by Crippen LogP contribution is -2.28. The molecule has 5 nitrogen and oxygen atoms in total. The van der Waals surface area contributed by atoms with E-state index in [9.17, 15) is 0 Å². The highest BCUT2D eigenvalue weighted by Crippen LogP contribution is 2.06. The molecule has 2 heterocycles. The average Bonchev–Trinajstić information content (AvgIpc) is 2.63. The van der Waals surface area contributed by atoms with Gasteiger partial charge in [-0.1, -0.05) is 0 Å². The summed E-state index contributed by atoms with van der Waals surface area (Å²) in [4.78, 5) is 9.31. The predicted molar refractivity (Wildman–Crippen MR) is 68.7 cm³/mol. The quantitative estimate of drug-likeness (QED) is 0.799. The summed E-state index contributed by atoms with van der Waals surface area (Å²) >= 11 is 0. The van der Waals surface area contributed by atoms with Gasteiger partial charge in [0, 0.05) is 38.9 Å². The molecule has 1 aliphatic rings. The molecule has 0 saturated carbocycles. The van der Waals surface area contributed by atoms with Crippen molar-refractivity contribution in [1.29, 1.82) is 0 Å². The Hall–Kier alpha value is -0.910. The van der Waals surface area contributed by atoms with Crippen LogP contribution >= 0.6 is 0 Å². The van der Waals surface area contributed by atoms with E-state index in [0.29, 0.717) is 6.54 Å². The van der Waals surface area contributed by atoms with Gasteiger partial charge in [0.25, 0.3) is 0 Å². The van der Waals surface area contributed by atoms with Gasteiger partial charge in [0.05, 0.1) is 12.0 Å². The molecule has 0 aliphatic carbocycles. The molecule has 17 heavy (non-hydrogen) atoms. The average molecular weight is 237 g/mol. The third-order valence-corrected chi connectivity index (χ3v) is 3.27. The van der Waals surface area contributed by atoms with Gasteiger partial charge in [-0.15, -0.1) is 0 Å². The standard InChI is InChI=1S/C12H23N5/c1-15-4-2-5-16(8-7-15)9-12-10-17(6-3-13)11-14-12/h10-11H,2-9,13H2,1H3. The normalized spacial score (nSPS) is 19.4. The van der Waals surface area contributed by atoms with E-state index in [1.165, 1.54) is 19.5 Å². The monoisotopic (exact) mass is 237 g/mol. The van der Waals surface area contributed by atoms with E-state index in [1.807, 2.05) is 6.33 Å². The van der Waals surface area contributed by atoms with Crippen LogP contribution in [0.4, 0.5) is 0 Å². The summed E-state index contributed by atoms with van der Waals surface area (Å²) in [6.07, 6.45) is 5.24. The number of rotatable bonds is 4. The second kappa shape index (κ2) is 6.14. The van der Waals surface area contributed by atoms with Crippen LogP contribution in [-0.4, -0.2) is 59.1 Å². The zero-order valence-electron chi connectivity index (χ0n) is 10.7. The highest BCUT2D eigenvalue weighted by atomic mass is 15.2. The fraction of sp³-hybridized carbons (Fsp3) is 0.750. The molecule has 2 N–H and O–H groups in total. The zero-order chi connectivity index (χ0) is 12.1. The lowest BCUT2D eigenvalue weighted by Gasteiger charge is -2.18. The van der Waals surface area contributed by atoms with Crippen molar-refractivity contribution < 1.29 is 0 Å². The minimum atomic E-state index is 0.671. The first-order valence-corrected chi connectivity index (χ1v) is 6.39. The Bertz CT molecular complexity index is 335. The van der Waals surface area contributed by atoms with Crippen LogP contribution < -0.4 is 5.73 Å². The van der Waals surface area contributed by atoms with E-state index in [0.717, 1.165) is 31.9 Å². The molecule has 5 heteroatoms. The highest BCUT2D eigenvalue weighted by Gasteiger charge is 2.13. The molecular weight excluding hydrogens is 214 g/mol. The van der Waals surface area contributed by atoms with Crippen LogP contribution in [0.2, 0.25) is 0 Å². The minimum Gasteiger partial charge on any atom is -0.336 e. The highest BCUT2D eigenvalue weighted by molar-refractivity contribution is 4.97. The molecule has 0 radical (unpaired) electrons. The molecule has 1 saturated heterocycles. The Labute approximate surface area is 103 Å². The number of likely N-dealkylation sites (N-methyl/N-ethyl adjacent to an activating group) is 1. The van der Waals surface area contributed by atoms with Crippen LogP contribution in [0.15, 0.2) is 12.5 Å². The summed E-state index contributed by atoms with van der Waals surface area (Å²) in [5.41, 5.74) is 6.68. The number of nitrogens with two attached hydrogens (primary N) is 1. The van der Waals surface area contributed by atoms with Crippen molar-refractivity contribution in [2.45, 2.75) is 19.5 Å². The molecule has 0 amide bonds. The lowest BCUT2D eigenvalue weighted by molar-refractivity contribution is 0.267. The topological polar surface area (TPSA) is 50.3 Å². The van der Waals surface area contributed by atoms with Crippen LogP contribution in [0.25, 0.3) is 0 Å². The van der Waals surface area contributed by atoms with Crippen molar-refractivity contribution >= 4 is 0 Å².